The normalized spacial score (nSPS) is 17.3. The maximum atomic E-state index is 9.57. The van der Waals surface area contributed by atoms with Gasteiger partial charge >= 0.3 is 0 Å². The Bertz CT molecular complexity index is 446. The first-order chi connectivity index (χ1) is 10.0. The third kappa shape index (κ3) is 5.21. The minimum absolute atomic E-state index is 0.171. The van der Waals surface area contributed by atoms with Gasteiger partial charge in [0.25, 0.3) is 0 Å². The third-order valence-electron chi connectivity index (χ3n) is 3.95. The van der Waals surface area contributed by atoms with Crippen LogP contribution in [0.2, 0.25) is 0 Å². The Morgan fingerprint density at radius 1 is 1.38 bits per heavy atom. The van der Waals surface area contributed by atoms with Gasteiger partial charge in [-0.15, -0.1) is 0 Å². The van der Waals surface area contributed by atoms with Gasteiger partial charge in [-0.3, -0.25) is 0 Å². The molecule has 0 aliphatic heterocycles. The zero-order valence-electron chi connectivity index (χ0n) is 13.4. The SMILES string of the molecule is CN(C)c1cccc(OCCCC(C)(CO)NC2CC2)c1. The van der Waals surface area contributed by atoms with E-state index in [9.17, 15) is 5.11 Å². The van der Waals surface area contributed by atoms with Crippen molar-refractivity contribution in [3.8, 4) is 5.75 Å². The average Bonchev–Trinajstić information content (AvgIpc) is 3.28. The van der Waals surface area contributed by atoms with E-state index < -0.39 is 0 Å². The number of ether oxygens (including phenoxy) is 1. The Balaban J connectivity index is 1.74. The molecule has 0 radical (unpaired) electrons. The van der Waals surface area contributed by atoms with E-state index in [2.05, 4.69) is 23.2 Å². The summed E-state index contributed by atoms with van der Waals surface area (Å²) in [6.07, 6.45) is 4.34. The van der Waals surface area contributed by atoms with Gasteiger partial charge in [-0.1, -0.05) is 6.07 Å². The van der Waals surface area contributed by atoms with Crippen LogP contribution in [-0.2, 0) is 0 Å². The number of rotatable bonds is 9. The predicted octanol–water partition coefficient (Wildman–Crippen LogP) is 2.41. The summed E-state index contributed by atoms with van der Waals surface area (Å²) in [4.78, 5) is 2.06. The summed E-state index contributed by atoms with van der Waals surface area (Å²) in [5.74, 6) is 0.905. The van der Waals surface area contributed by atoms with Gasteiger partial charge in [-0.2, -0.15) is 0 Å². The highest BCUT2D eigenvalue weighted by Gasteiger charge is 2.31. The fraction of sp³-hybridized carbons (Fsp3) is 0.647. The predicted molar refractivity (Wildman–Crippen MR) is 87.1 cm³/mol. The molecule has 0 bridgehead atoms. The van der Waals surface area contributed by atoms with Crippen molar-refractivity contribution in [2.24, 2.45) is 0 Å². The standard InChI is InChI=1S/C17H28N2O2/c1-17(13-20,18-14-8-9-14)10-5-11-21-16-7-4-6-15(12-16)19(2)3/h4,6-7,12,14,18,20H,5,8-11,13H2,1-3H3. The van der Waals surface area contributed by atoms with E-state index in [-0.39, 0.29) is 12.1 Å². The maximum absolute atomic E-state index is 9.57. The Hall–Kier alpha value is -1.26. The molecule has 0 spiro atoms. The summed E-state index contributed by atoms with van der Waals surface area (Å²) in [5.41, 5.74) is 0.971. The van der Waals surface area contributed by atoms with E-state index >= 15 is 0 Å². The van der Waals surface area contributed by atoms with Crippen LogP contribution in [0.25, 0.3) is 0 Å². The first-order valence-electron chi connectivity index (χ1n) is 7.81. The van der Waals surface area contributed by atoms with Crippen molar-refractivity contribution in [3.63, 3.8) is 0 Å². The van der Waals surface area contributed by atoms with E-state index in [0.29, 0.717) is 12.6 Å². The molecule has 4 heteroatoms. The number of hydrogen-bond acceptors (Lipinski definition) is 4. The number of nitrogens with one attached hydrogen (secondary N) is 1. The second kappa shape index (κ2) is 7.14. The first kappa shape index (κ1) is 16.1. The molecule has 0 saturated heterocycles. The molecule has 1 aliphatic carbocycles. The summed E-state index contributed by atoms with van der Waals surface area (Å²) >= 11 is 0. The van der Waals surface area contributed by atoms with Crippen LogP contribution in [-0.4, -0.2) is 44.0 Å². The van der Waals surface area contributed by atoms with E-state index in [1.54, 1.807) is 0 Å². The highest BCUT2D eigenvalue weighted by Crippen LogP contribution is 2.25. The number of aliphatic hydroxyl groups excluding tert-OH is 1. The van der Waals surface area contributed by atoms with E-state index in [0.717, 1.165) is 24.3 Å². The van der Waals surface area contributed by atoms with Crippen LogP contribution < -0.4 is 15.0 Å². The fourth-order valence-corrected chi connectivity index (χ4v) is 2.42. The molecular weight excluding hydrogens is 264 g/mol. The number of aliphatic hydroxyl groups is 1. The van der Waals surface area contributed by atoms with Gasteiger partial charge in [0.05, 0.1) is 13.2 Å². The van der Waals surface area contributed by atoms with E-state index in [1.807, 2.05) is 32.3 Å². The summed E-state index contributed by atoms with van der Waals surface area (Å²) in [7, 11) is 4.05. The molecule has 118 valence electrons. The summed E-state index contributed by atoms with van der Waals surface area (Å²) in [5, 5.41) is 13.1. The molecule has 2 rings (SSSR count). The largest absolute Gasteiger partial charge is 0.494 e. The van der Waals surface area contributed by atoms with E-state index in [4.69, 9.17) is 4.74 Å². The summed E-state index contributed by atoms with van der Waals surface area (Å²) in [6, 6.07) is 8.72. The average molecular weight is 292 g/mol. The minimum atomic E-state index is -0.171. The quantitative estimate of drug-likeness (QED) is 0.686. The molecule has 2 N–H and O–H groups in total. The smallest absolute Gasteiger partial charge is 0.121 e. The molecule has 1 atom stereocenters. The van der Waals surface area contributed by atoms with E-state index in [1.165, 1.54) is 12.8 Å². The minimum Gasteiger partial charge on any atom is -0.494 e. The molecule has 21 heavy (non-hydrogen) atoms. The maximum Gasteiger partial charge on any atom is 0.121 e. The summed E-state index contributed by atoms with van der Waals surface area (Å²) in [6.45, 7) is 2.95. The van der Waals surface area contributed by atoms with Gasteiger partial charge in [-0.25, -0.2) is 0 Å². The molecule has 0 amide bonds. The molecule has 4 nitrogen and oxygen atoms in total. The molecule has 1 unspecified atom stereocenters. The zero-order chi connectivity index (χ0) is 15.3. The van der Waals surface area contributed by atoms with Crippen LogP contribution in [0.5, 0.6) is 5.75 Å². The van der Waals surface area contributed by atoms with Crippen LogP contribution in [0.4, 0.5) is 5.69 Å². The Morgan fingerprint density at radius 3 is 2.76 bits per heavy atom. The van der Waals surface area contributed by atoms with Crippen molar-refractivity contribution in [2.75, 3.05) is 32.2 Å². The van der Waals surface area contributed by atoms with Gasteiger partial charge in [0, 0.05) is 37.4 Å². The van der Waals surface area contributed by atoms with Crippen molar-refractivity contribution >= 4 is 5.69 Å². The highest BCUT2D eigenvalue weighted by molar-refractivity contribution is 5.49. The topological polar surface area (TPSA) is 44.7 Å². The highest BCUT2D eigenvalue weighted by atomic mass is 16.5. The van der Waals surface area contributed by atoms with Gasteiger partial charge in [-0.05, 0) is 44.7 Å². The lowest BCUT2D eigenvalue weighted by atomic mass is 9.97. The molecular formula is C17H28N2O2. The Kier molecular flexibility index (Phi) is 5.48. The van der Waals surface area contributed by atoms with Gasteiger partial charge in [0.1, 0.15) is 5.75 Å². The first-order valence-corrected chi connectivity index (χ1v) is 7.81. The number of anilines is 1. The monoisotopic (exact) mass is 292 g/mol. The Morgan fingerprint density at radius 2 is 2.14 bits per heavy atom. The van der Waals surface area contributed by atoms with Gasteiger partial charge < -0.3 is 20.1 Å². The van der Waals surface area contributed by atoms with Gasteiger partial charge in [0.2, 0.25) is 0 Å². The molecule has 0 aromatic heterocycles. The molecule has 0 heterocycles. The lowest BCUT2D eigenvalue weighted by molar-refractivity contribution is 0.154. The third-order valence-corrected chi connectivity index (χ3v) is 3.95. The fourth-order valence-electron chi connectivity index (χ4n) is 2.42. The number of benzene rings is 1. The zero-order valence-corrected chi connectivity index (χ0v) is 13.4. The number of nitrogens with zero attached hydrogens (tertiary/aromatic N) is 1. The van der Waals surface area contributed by atoms with Crippen molar-refractivity contribution in [1.29, 1.82) is 0 Å². The number of hydrogen-bond donors (Lipinski definition) is 2. The molecule has 1 aromatic rings. The van der Waals surface area contributed by atoms with Crippen LogP contribution in [0.3, 0.4) is 0 Å². The molecule has 1 fully saturated rings. The second-order valence-electron chi connectivity index (χ2n) is 6.48. The van der Waals surface area contributed by atoms with Crippen molar-refractivity contribution in [3.05, 3.63) is 24.3 Å². The van der Waals surface area contributed by atoms with Crippen molar-refractivity contribution < 1.29 is 9.84 Å². The lowest BCUT2D eigenvalue weighted by Gasteiger charge is -2.29. The van der Waals surface area contributed by atoms with Crippen molar-refractivity contribution in [2.45, 2.75) is 44.2 Å². The second-order valence-corrected chi connectivity index (χ2v) is 6.48. The molecule has 1 aromatic carbocycles. The van der Waals surface area contributed by atoms with Crippen molar-refractivity contribution in [1.82, 2.24) is 5.32 Å². The van der Waals surface area contributed by atoms with Gasteiger partial charge in [0.15, 0.2) is 0 Å². The van der Waals surface area contributed by atoms with Crippen LogP contribution in [0.15, 0.2) is 24.3 Å². The Labute approximate surface area is 128 Å². The van der Waals surface area contributed by atoms with Crippen LogP contribution in [0.1, 0.15) is 32.6 Å². The molecule has 1 saturated carbocycles. The van der Waals surface area contributed by atoms with Crippen LogP contribution in [0, 0.1) is 0 Å². The molecule has 1 aliphatic rings. The summed E-state index contributed by atoms with van der Waals surface area (Å²) < 4.78 is 5.82. The van der Waals surface area contributed by atoms with Crippen LogP contribution >= 0.6 is 0 Å². The lowest BCUT2D eigenvalue weighted by Crippen LogP contribution is -2.47.